The third-order valence-corrected chi connectivity index (χ3v) is 8.65. The normalized spacial score (nSPS) is 11.1. The van der Waals surface area contributed by atoms with E-state index >= 15 is 0 Å². The van der Waals surface area contributed by atoms with Crippen LogP contribution in [0.15, 0.2) is 12.2 Å². The quantitative estimate of drug-likeness (QED) is 0.0544. The molecule has 0 saturated heterocycles. The summed E-state index contributed by atoms with van der Waals surface area (Å²) in [6.45, 7) is 4.54. The molecule has 0 rings (SSSR count). The number of allylic oxidation sites excluding steroid dienone is 2. The first-order valence-corrected chi connectivity index (χ1v) is 19.6. The van der Waals surface area contributed by atoms with Crippen LogP contribution in [-0.4, -0.2) is 22.2 Å². The molecule has 0 radical (unpaired) electrons. The van der Waals surface area contributed by atoms with Crippen LogP contribution < -0.4 is 0 Å². The molecule has 4 heteroatoms. The molecule has 0 aliphatic rings. The van der Waals surface area contributed by atoms with Crippen molar-refractivity contribution in [2.45, 2.75) is 232 Å². The molecular formula is C40H78O4. The zero-order valence-electron chi connectivity index (χ0n) is 29.9. The van der Waals surface area contributed by atoms with Crippen LogP contribution in [0.25, 0.3) is 0 Å². The highest BCUT2D eigenvalue weighted by Gasteiger charge is 1.98. The third kappa shape index (κ3) is 47.6. The Bertz CT molecular complexity index is 586. The largest absolute Gasteiger partial charge is 0.481 e. The summed E-state index contributed by atoms with van der Waals surface area (Å²) < 4.78 is 0. The molecule has 0 aromatic carbocycles. The summed E-state index contributed by atoms with van der Waals surface area (Å²) in [7, 11) is 0. The van der Waals surface area contributed by atoms with Gasteiger partial charge in [-0.1, -0.05) is 193 Å². The number of hydrogen-bond acceptors (Lipinski definition) is 2. The summed E-state index contributed by atoms with van der Waals surface area (Å²) in [6, 6.07) is 0. The molecule has 0 amide bonds. The van der Waals surface area contributed by atoms with E-state index in [2.05, 4.69) is 26.0 Å². The molecule has 0 atom stereocenters. The van der Waals surface area contributed by atoms with Crippen LogP contribution in [-0.2, 0) is 9.59 Å². The number of rotatable bonds is 35. The fraction of sp³-hybridized carbons (Fsp3) is 0.900. The Hall–Kier alpha value is -1.32. The summed E-state index contributed by atoms with van der Waals surface area (Å²) in [6.07, 6.45) is 47.3. The van der Waals surface area contributed by atoms with E-state index in [9.17, 15) is 9.59 Å². The van der Waals surface area contributed by atoms with Crippen LogP contribution in [0.2, 0.25) is 0 Å². The second-order valence-corrected chi connectivity index (χ2v) is 13.2. The Morgan fingerprint density at radius 3 is 0.795 bits per heavy atom. The Balaban J connectivity index is 0. The van der Waals surface area contributed by atoms with Crippen molar-refractivity contribution in [2.75, 3.05) is 0 Å². The Labute approximate surface area is 275 Å². The van der Waals surface area contributed by atoms with Crippen LogP contribution in [0.1, 0.15) is 232 Å². The number of carboxylic acid groups (broad SMARTS) is 2. The maximum atomic E-state index is 10.4. The SMILES string of the molecule is CCCCCCC=CCCCCCCCCCCCC(=O)O.CCCCCCCCCCCCCCCCCCCC(=O)O. The highest BCUT2D eigenvalue weighted by molar-refractivity contribution is 5.66. The predicted molar refractivity (Wildman–Crippen MR) is 193 cm³/mol. The van der Waals surface area contributed by atoms with Gasteiger partial charge in [0.05, 0.1) is 0 Å². The third-order valence-electron chi connectivity index (χ3n) is 8.65. The summed E-state index contributed by atoms with van der Waals surface area (Å²) >= 11 is 0. The van der Waals surface area contributed by atoms with Crippen molar-refractivity contribution in [3.05, 3.63) is 12.2 Å². The smallest absolute Gasteiger partial charge is 0.303 e. The first-order chi connectivity index (χ1) is 21.5. The van der Waals surface area contributed by atoms with Crippen molar-refractivity contribution < 1.29 is 19.8 Å². The van der Waals surface area contributed by atoms with Crippen LogP contribution in [0, 0.1) is 0 Å². The van der Waals surface area contributed by atoms with Gasteiger partial charge in [-0.2, -0.15) is 0 Å². The monoisotopic (exact) mass is 623 g/mol. The molecule has 0 spiro atoms. The van der Waals surface area contributed by atoms with Crippen LogP contribution in [0.5, 0.6) is 0 Å². The number of aliphatic carboxylic acids is 2. The Kier molecular flexibility index (Phi) is 42.4. The molecule has 0 aliphatic heterocycles. The summed E-state index contributed by atoms with van der Waals surface area (Å²) in [4.78, 5) is 20.7. The van der Waals surface area contributed by atoms with Gasteiger partial charge in [-0.3, -0.25) is 9.59 Å². The molecule has 0 unspecified atom stereocenters. The van der Waals surface area contributed by atoms with E-state index in [1.807, 2.05) is 0 Å². The molecule has 0 aromatic rings. The minimum Gasteiger partial charge on any atom is -0.481 e. The van der Waals surface area contributed by atoms with E-state index < -0.39 is 11.9 Å². The van der Waals surface area contributed by atoms with Crippen molar-refractivity contribution in [3.63, 3.8) is 0 Å². The molecule has 0 aliphatic carbocycles. The molecule has 262 valence electrons. The van der Waals surface area contributed by atoms with Gasteiger partial charge in [0, 0.05) is 12.8 Å². The number of carbonyl (C=O) groups is 2. The van der Waals surface area contributed by atoms with Crippen molar-refractivity contribution in [2.24, 2.45) is 0 Å². The molecule has 0 bridgehead atoms. The van der Waals surface area contributed by atoms with Gasteiger partial charge in [-0.25, -0.2) is 0 Å². The van der Waals surface area contributed by atoms with Crippen molar-refractivity contribution in [1.82, 2.24) is 0 Å². The van der Waals surface area contributed by atoms with E-state index in [-0.39, 0.29) is 0 Å². The van der Waals surface area contributed by atoms with Gasteiger partial charge < -0.3 is 10.2 Å². The summed E-state index contributed by atoms with van der Waals surface area (Å²) in [5, 5.41) is 17.1. The average Bonchev–Trinajstić information content (AvgIpc) is 3.00. The fourth-order valence-electron chi connectivity index (χ4n) is 5.70. The highest BCUT2D eigenvalue weighted by atomic mass is 16.4. The average molecular weight is 623 g/mol. The number of hydrogen-bond donors (Lipinski definition) is 2. The first kappa shape index (κ1) is 44.8. The second-order valence-electron chi connectivity index (χ2n) is 13.2. The first-order valence-electron chi connectivity index (χ1n) is 19.6. The van der Waals surface area contributed by atoms with Gasteiger partial charge in [0.2, 0.25) is 0 Å². The maximum absolute atomic E-state index is 10.4. The van der Waals surface area contributed by atoms with Crippen molar-refractivity contribution in [3.8, 4) is 0 Å². The lowest BCUT2D eigenvalue weighted by Gasteiger charge is -2.03. The van der Waals surface area contributed by atoms with E-state index in [0.29, 0.717) is 12.8 Å². The van der Waals surface area contributed by atoms with Gasteiger partial charge in [0.15, 0.2) is 0 Å². The topological polar surface area (TPSA) is 74.6 Å². The van der Waals surface area contributed by atoms with E-state index in [0.717, 1.165) is 25.7 Å². The molecule has 44 heavy (non-hydrogen) atoms. The molecule has 0 aromatic heterocycles. The lowest BCUT2D eigenvalue weighted by Crippen LogP contribution is -1.93. The molecule has 0 heterocycles. The van der Waals surface area contributed by atoms with E-state index in [1.165, 1.54) is 180 Å². The van der Waals surface area contributed by atoms with E-state index in [4.69, 9.17) is 10.2 Å². The number of unbranched alkanes of at least 4 members (excludes halogenated alkanes) is 29. The molecule has 0 fully saturated rings. The van der Waals surface area contributed by atoms with Gasteiger partial charge in [-0.05, 0) is 38.5 Å². The highest BCUT2D eigenvalue weighted by Crippen LogP contribution is 2.15. The van der Waals surface area contributed by atoms with Gasteiger partial charge in [-0.15, -0.1) is 0 Å². The standard InChI is InChI=1S/C20H40O2.C20H38O2/c2*1-2-3-4-5-6-7-8-9-10-11-12-13-14-15-16-17-18-19-20(21)22/h2-19H2,1H3,(H,21,22);7-8H,2-6,9-19H2,1H3,(H,21,22). The van der Waals surface area contributed by atoms with Crippen molar-refractivity contribution >= 4 is 11.9 Å². The van der Waals surface area contributed by atoms with Crippen molar-refractivity contribution in [1.29, 1.82) is 0 Å². The van der Waals surface area contributed by atoms with Crippen LogP contribution >= 0.6 is 0 Å². The number of carboxylic acids is 2. The zero-order chi connectivity index (χ0) is 32.6. The molecule has 2 N–H and O–H groups in total. The summed E-state index contributed by atoms with van der Waals surface area (Å²) in [5.74, 6) is -1.31. The van der Waals surface area contributed by atoms with Gasteiger partial charge in [0.25, 0.3) is 0 Å². The minimum absolute atomic E-state index is 0.339. The molecule has 0 saturated carbocycles. The van der Waals surface area contributed by atoms with Crippen LogP contribution in [0.4, 0.5) is 0 Å². The zero-order valence-corrected chi connectivity index (χ0v) is 29.9. The van der Waals surface area contributed by atoms with Gasteiger partial charge >= 0.3 is 11.9 Å². The Morgan fingerprint density at radius 2 is 0.545 bits per heavy atom. The lowest BCUT2D eigenvalue weighted by atomic mass is 10.0. The fourth-order valence-corrected chi connectivity index (χ4v) is 5.70. The predicted octanol–water partition coefficient (Wildman–Crippen LogP) is 14.0. The van der Waals surface area contributed by atoms with Crippen LogP contribution in [0.3, 0.4) is 0 Å². The molecule has 4 nitrogen and oxygen atoms in total. The second kappa shape index (κ2) is 41.7. The van der Waals surface area contributed by atoms with E-state index in [1.54, 1.807) is 0 Å². The Morgan fingerprint density at radius 1 is 0.341 bits per heavy atom. The van der Waals surface area contributed by atoms with Gasteiger partial charge in [0.1, 0.15) is 0 Å². The maximum Gasteiger partial charge on any atom is 0.303 e. The minimum atomic E-state index is -0.657. The summed E-state index contributed by atoms with van der Waals surface area (Å²) in [5.41, 5.74) is 0. The lowest BCUT2D eigenvalue weighted by molar-refractivity contribution is -0.138. The molecular weight excluding hydrogens is 544 g/mol.